The zero-order valence-corrected chi connectivity index (χ0v) is 35.0. The summed E-state index contributed by atoms with van der Waals surface area (Å²) < 4.78 is 2.42. The molecule has 2 aliphatic rings. The summed E-state index contributed by atoms with van der Waals surface area (Å²) >= 11 is 0. The lowest BCUT2D eigenvalue weighted by molar-refractivity contribution is 0.793. The smallest absolute Gasteiger partial charge is 0.0746 e. The molecule has 1 unspecified atom stereocenters. The van der Waals surface area contributed by atoms with E-state index in [0.29, 0.717) is 0 Å². The third-order valence-electron chi connectivity index (χ3n) is 13.5. The average molecular weight is 816 g/mol. The Morgan fingerprint density at radius 3 is 1.48 bits per heavy atom. The second-order valence-electron chi connectivity index (χ2n) is 16.8. The van der Waals surface area contributed by atoms with Crippen molar-refractivity contribution in [2.45, 2.75) is 5.41 Å². The molecule has 0 radical (unpaired) electrons. The van der Waals surface area contributed by atoms with Crippen molar-refractivity contribution in [2.75, 3.05) is 9.80 Å². The van der Waals surface area contributed by atoms with Gasteiger partial charge in [-0.2, -0.15) is 0 Å². The number of benzene rings is 10. The topological polar surface area (TPSA) is 11.4 Å². The maximum Gasteiger partial charge on any atom is 0.0746 e. The first-order valence-electron chi connectivity index (χ1n) is 22.1. The molecule has 0 amide bonds. The Balaban J connectivity index is 1.12. The maximum absolute atomic E-state index is 2.50. The number of hydrogen-bond donors (Lipinski definition) is 0. The van der Waals surface area contributed by atoms with Gasteiger partial charge >= 0.3 is 0 Å². The van der Waals surface area contributed by atoms with Crippen molar-refractivity contribution in [2.24, 2.45) is 0 Å². The highest BCUT2D eigenvalue weighted by Crippen LogP contribution is 2.67. The van der Waals surface area contributed by atoms with Crippen LogP contribution in [0.25, 0.3) is 49.7 Å². The van der Waals surface area contributed by atoms with Gasteiger partial charge in [-0.3, -0.25) is 0 Å². The van der Waals surface area contributed by atoms with Crippen LogP contribution < -0.4 is 9.80 Å². The Hall–Kier alpha value is -8.40. The second-order valence-corrected chi connectivity index (χ2v) is 16.8. The molecule has 11 aromatic rings. The van der Waals surface area contributed by atoms with Crippen molar-refractivity contribution in [3.8, 4) is 27.9 Å². The molecule has 0 aliphatic heterocycles. The van der Waals surface area contributed by atoms with Crippen molar-refractivity contribution in [3.05, 3.63) is 271 Å². The van der Waals surface area contributed by atoms with Crippen molar-refractivity contribution >= 4 is 55.9 Å². The molecule has 1 heterocycles. The lowest BCUT2D eigenvalue weighted by Gasteiger charge is -2.36. The van der Waals surface area contributed by atoms with E-state index in [1.165, 1.54) is 66.3 Å². The van der Waals surface area contributed by atoms with Crippen molar-refractivity contribution in [3.63, 3.8) is 0 Å². The minimum Gasteiger partial charge on any atom is -0.310 e. The van der Waals surface area contributed by atoms with Gasteiger partial charge in [0.1, 0.15) is 0 Å². The number of para-hydroxylation sites is 5. The molecule has 1 spiro atoms. The molecule has 2 aliphatic carbocycles. The summed E-state index contributed by atoms with van der Waals surface area (Å²) in [4.78, 5) is 4.93. The first kappa shape index (κ1) is 36.3. The maximum atomic E-state index is 2.50. The van der Waals surface area contributed by atoms with Crippen molar-refractivity contribution in [1.82, 2.24) is 4.57 Å². The summed E-state index contributed by atoms with van der Waals surface area (Å²) in [5.74, 6) is 0. The number of fused-ring (bicyclic) bond motifs is 13. The Bertz CT molecular complexity index is 3520. The lowest BCUT2D eigenvalue weighted by atomic mass is 9.70. The molecule has 3 nitrogen and oxygen atoms in total. The Labute approximate surface area is 373 Å². The van der Waals surface area contributed by atoms with E-state index in [1.807, 2.05) is 0 Å². The second kappa shape index (κ2) is 14.3. The van der Waals surface area contributed by atoms with Crippen LogP contribution in [-0.2, 0) is 5.41 Å². The molecule has 0 bridgehead atoms. The first-order chi connectivity index (χ1) is 31.8. The van der Waals surface area contributed by atoms with Crippen LogP contribution in [0.5, 0.6) is 0 Å². The van der Waals surface area contributed by atoms with Gasteiger partial charge in [0.25, 0.3) is 0 Å². The highest BCUT2D eigenvalue weighted by atomic mass is 15.2. The van der Waals surface area contributed by atoms with Crippen LogP contribution in [0.1, 0.15) is 22.3 Å². The van der Waals surface area contributed by atoms with E-state index in [1.54, 1.807) is 0 Å². The normalized spacial score (nSPS) is 14.3. The largest absolute Gasteiger partial charge is 0.310 e. The van der Waals surface area contributed by atoms with Crippen LogP contribution >= 0.6 is 0 Å². The molecule has 3 heteroatoms. The van der Waals surface area contributed by atoms with Gasteiger partial charge < -0.3 is 14.4 Å². The fourth-order valence-corrected chi connectivity index (χ4v) is 11.1. The summed E-state index contributed by atoms with van der Waals surface area (Å²) in [5, 5.41) is 2.47. The van der Waals surface area contributed by atoms with Crippen LogP contribution in [0.15, 0.2) is 249 Å². The standard InChI is InChI=1S/C61H41N3/c1-5-21-42(22-6-1)62(43-23-7-2-8-24-43)56-37-20-35-54-59(56)51-31-14-17-34-53(51)61(54)52-33-16-13-29-47(52)50-32-19-38-57(60(50)61)63(44-25-9-3-10-26-44)46-39-40-49-48-30-15-18-36-55(48)64(58(49)41-46)45-27-11-4-12-28-45/h1-41H. The Morgan fingerprint density at radius 2 is 0.797 bits per heavy atom. The molecule has 10 aromatic carbocycles. The van der Waals surface area contributed by atoms with Crippen LogP contribution in [0, 0.1) is 0 Å². The van der Waals surface area contributed by atoms with Crippen molar-refractivity contribution in [1.29, 1.82) is 0 Å². The molecule has 13 rings (SSSR count). The van der Waals surface area contributed by atoms with E-state index in [9.17, 15) is 0 Å². The van der Waals surface area contributed by atoms with E-state index in [0.717, 1.165) is 39.8 Å². The molecule has 64 heavy (non-hydrogen) atoms. The highest BCUT2D eigenvalue weighted by molar-refractivity contribution is 6.11. The van der Waals surface area contributed by atoms with Gasteiger partial charge in [-0.1, -0.05) is 170 Å². The summed E-state index contributed by atoms with van der Waals surface area (Å²) in [5.41, 5.74) is 19.8. The minimum absolute atomic E-state index is 0.625. The number of nitrogens with zero attached hydrogens (tertiary/aromatic N) is 3. The summed E-state index contributed by atoms with van der Waals surface area (Å²) in [7, 11) is 0. The summed E-state index contributed by atoms with van der Waals surface area (Å²) in [6.07, 6.45) is 0. The predicted octanol–water partition coefficient (Wildman–Crippen LogP) is 16.1. The Morgan fingerprint density at radius 1 is 0.312 bits per heavy atom. The molecule has 1 atom stereocenters. The van der Waals surface area contributed by atoms with E-state index in [4.69, 9.17) is 0 Å². The lowest BCUT2D eigenvalue weighted by Crippen LogP contribution is -2.28. The average Bonchev–Trinajstić information content (AvgIpc) is 3.98. The zero-order chi connectivity index (χ0) is 42.2. The van der Waals surface area contributed by atoms with Gasteiger partial charge in [-0.15, -0.1) is 0 Å². The Kier molecular flexibility index (Phi) is 8.13. The number of anilines is 6. The summed E-state index contributed by atoms with van der Waals surface area (Å²) in [6, 6.07) is 91.3. The molecule has 0 saturated heterocycles. The zero-order valence-electron chi connectivity index (χ0n) is 35.0. The predicted molar refractivity (Wildman–Crippen MR) is 266 cm³/mol. The third-order valence-corrected chi connectivity index (χ3v) is 13.5. The van der Waals surface area contributed by atoms with Gasteiger partial charge in [0.05, 0.1) is 27.8 Å². The van der Waals surface area contributed by atoms with Gasteiger partial charge in [-0.25, -0.2) is 0 Å². The van der Waals surface area contributed by atoms with E-state index in [2.05, 4.69) is 263 Å². The van der Waals surface area contributed by atoms with Gasteiger partial charge in [0.15, 0.2) is 0 Å². The minimum atomic E-state index is -0.625. The molecular weight excluding hydrogens is 775 g/mol. The van der Waals surface area contributed by atoms with Gasteiger partial charge in [-0.05, 0) is 112 Å². The first-order valence-corrected chi connectivity index (χ1v) is 22.1. The van der Waals surface area contributed by atoms with Crippen molar-refractivity contribution < 1.29 is 0 Å². The van der Waals surface area contributed by atoms with Crippen LogP contribution in [0.2, 0.25) is 0 Å². The summed E-state index contributed by atoms with van der Waals surface area (Å²) in [6.45, 7) is 0. The van der Waals surface area contributed by atoms with Crippen LogP contribution in [0.4, 0.5) is 34.1 Å². The molecule has 0 fully saturated rings. The van der Waals surface area contributed by atoms with Crippen LogP contribution in [-0.4, -0.2) is 4.57 Å². The SMILES string of the molecule is c1ccc(N(c2ccccc2)c2cccc3c2-c2ccccc2C32c3ccccc3-c3cccc(N(c4ccccc4)c4ccc5c6ccccc6n(-c6ccccc6)c5c4)c32)cc1. The quantitative estimate of drug-likeness (QED) is 0.159. The molecular formula is C61H41N3. The fraction of sp³-hybridized carbons (Fsp3) is 0.0164. The van der Waals surface area contributed by atoms with Crippen LogP contribution in [0.3, 0.4) is 0 Å². The number of hydrogen-bond acceptors (Lipinski definition) is 2. The van der Waals surface area contributed by atoms with Gasteiger partial charge in [0, 0.05) is 50.3 Å². The molecule has 1 aromatic heterocycles. The van der Waals surface area contributed by atoms with E-state index >= 15 is 0 Å². The highest BCUT2D eigenvalue weighted by Gasteiger charge is 2.54. The third kappa shape index (κ3) is 5.16. The molecule has 0 N–H and O–H groups in total. The number of rotatable bonds is 7. The van der Waals surface area contributed by atoms with E-state index < -0.39 is 5.41 Å². The molecule has 300 valence electrons. The van der Waals surface area contributed by atoms with E-state index in [-0.39, 0.29) is 0 Å². The van der Waals surface area contributed by atoms with Gasteiger partial charge in [0.2, 0.25) is 0 Å². The molecule has 0 saturated carbocycles. The number of aromatic nitrogens is 1. The monoisotopic (exact) mass is 815 g/mol. The fourth-order valence-electron chi connectivity index (χ4n) is 11.1.